The van der Waals surface area contributed by atoms with Gasteiger partial charge in [-0.2, -0.15) is 4.31 Å². The van der Waals surface area contributed by atoms with Gasteiger partial charge in [0.15, 0.2) is 5.78 Å². The standard InChI is InChI=1S/C18H16ClNO4S/c19-14-6-2-4-8-17(14)25(22,23)20-10-9-18(12-20)11-15(21)13-5-1-3-7-16(13)24-18/h1-8H,9-12H2. The molecule has 0 saturated carbocycles. The van der Waals surface area contributed by atoms with Crippen LogP contribution in [0.3, 0.4) is 0 Å². The van der Waals surface area contributed by atoms with E-state index in [1.165, 1.54) is 10.4 Å². The fraction of sp³-hybridized carbons (Fsp3) is 0.278. The molecule has 25 heavy (non-hydrogen) atoms. The molecule has 1 saturated heterocycles. The van der Waals surface area contributed by atoms with Gasteiger partial charge in [0.25, 0.3) is 0 Å². The van der Waals surface area contributed by atoms with Gasteiger partial charge in [0, 0.05) is 13.0 Å². The van der Waals surface area contributed by atoms with Crippen molar-refractivity contribution in [2.24, 2.45) is 0 Å². The second-order valence-electron chi connectivity index (χ2n) is 6.40. The number of Topliss-reactive ketones (excluding diaryl/α,β-unsaturated/α-hetero) is 1. The van der Waals surface area contributed by atoms with E-state index in [9.17, 15) is 13.2 Å². The summed E-state index contributed by atoms with van der Waals surface area (Å²) in [7, 11) is -3.73. The lowest BCUT2D eigenvalue weighted by atomic mass is 9.89. The van der Waals surface area contributed by atoms with Crippen LogP contribution in [0.25, 0.3) is 0 Å². The minimum Gasteiger partial charge on any atom is -0.485 e. The number of ketones is 1. The van der Waals surface area contributed by atoms with Gasteiger partial charge in [-0.25, -0.2) is 8.42 Å². The molecule has 130 valence electrons. The maximum atomic E-state index is 12.9. The quantitative estimate of drug-likeness (QED) is 0.806. The van der Waals surface area contributed by atoms with Crippen molar-refractivity contribution in [1.29, 1.82) is 0 Å². The number of para-hydroxylation sites is 1. The number of sulfonamides is 1. The Bertz CT molecular complexity index is 959. The number of carbonyl (C=O) groups excluding carboxylic acids is 1. The summed E-state index contributed by atoms with van der Waals surface area (Å²) in [6.45, 7) is 0.434. The molecule has 1 fully saturated rings. The molecule has 0 bridgehead atoms. The van der Waals surface area contributed by atoms with Crippen LogP contribution in [0.1, 0.15) is 23.2 Å². The Hall–Kier alpha value is -1.89. The number of fused-ring (bicyclic) bond motifs is 1. The molecule has 0 N–H and O–H groups in total. The van der Waals surface area contributed by atoms with Crippen LogP contribution in [0.5, 0.6) is 5.75 Å². The van der Waals surface area contributed by atoms with Crippen molar-refractivity contribution >= 4 is 27.4 Å². The lowest BCUT2D eigenvalue weighted by Crippen LogP contribution is -2.45. The molecule has 7 heteroatoms. The van der Waals surface area contributed by atoms with Crippen LogP contribution < -0.4 is 4.74 Å². The molecule has 0 aromatic heterocycles. The summed E-state index contributed by atoms with van der Waals surface area (Å²) in [5.41, 5.74) is -0.250. The van der Waals surface area contributed by atoms with E-state index in [2.05, 4.69) is 0 Å². The van der Waals surface area contributed by atoms with Crippen molar-refractivity contribution in [2.45, 2.75) is 23.3 Å². The van der Waals surface area contributed by atoms with Crippen molar-refractivity contribution in [2.75, 3.05) is 13.1 Å². The van der Waals surface area contributed by atoms with Crippen molar-refractivity contribution in [1.82, 2.24) is 4.31 Å². The zero-order chi connectivity index (χ0) is 17.7. The largest absolute Gasteiger partial charge is 0.485 e. The van der Waals surface area contributed by atoms with Gasteiger partial charge >= 0.3 is 0 Å². The fourth-order valence-corrected chi connectivity index (χ4v) is 5.49. The molecule has 2 aliphatic heterocycles. The maximum Gasteiger partial charge on any atom is 0.244 e. The predicted molar refractivity (Wildman–Crippen MR) is 93.6 cm³/mol. The number of ether oxygens (including phenoxy) is 1. The molecule has 2 heterocycles. The highest BCUT2D eigenvalue weighted by Crippen LogP contribution is 2.40. The zero-order valence-electron chi connectivity index (χ0n) is 13.3. The first kappa shape index (κ1) is 16.6. The number of carbonyl (C=O) groups is 1. The molecule has 1 spiro atoms. The average Bonchev–Trinajstić information content (AvgIpc) is 2.99. The summed E-state index contributed by atoms with van der Waals surface area (Å²) >= 11 is 6.06. The number of hydrogen-bond acceptors (Lipinski definition) is 4. The molecule has 4 rings (SSSR count). The first-order chi connectivity index (χ1) is 11.9. The summed E-state index contributed by atoms with van der Waals surface area (Å²) in [6.07, 6.45) is 0.648. The van der Waals surface area contributed by atoms with Gasteiger partial charge in [-0.3, -0.25) is 4.79 Å². The SMILES string of the molecule is O=C1CC2(CCN(S(=O)(=O)c3ccccc3Cl)C2)Oc2ccccc21. The zero-order valence-corrected chi connectivity index (χ0v) is 14.9. The van der Waals surface area contributed by atoms with Gasteiger partial charge in [0.1, 0.15) is 16.2 Å². The Morgan fingerprint density at radius 1 is 1.08 bits per heavy atom. The first-order valence-electron chi connectivity index (χ1n) is 7.97. The molecule has 1 atom stereocenters. The monoisotopic (exact) mass is 377 g/mol. The molecule has 0 amide bonds. The highest BCUT2D eigenvalue weighted by atomic mass is 35.5. The summed E-state index contributed by atoms with van der Waals surface area (Å²) < 4.78 is 33.3. The number of rotatable bonds is 2. The number of hydrogen-bond donors (Lipinski definition) is 0. The maximum absolute atomic E-state index is 12.9. The van der Waals surface area contributed by atoms with E-state index >= 15 is 0 Å². The van der Waals surface area contributed by atoms with E-state index in [1.807, 2.05) is 0 Å². The first-order valence-corrected chi connectivity index (χ1v) is 9.79. The third-order valence-corrected chi connectivity index (χ3v) is 7.08. The van der Waals surface area contributed by atoms with Crippen LogP contribution in [0, 0.1) is 0 Å². The highest BCUT2D eigenvalue weighted by Gasteiger charge is 2.49. The average molecular weight is 378 g/mol. The Balaban J connectivity index is 1.64. The Labute approximate surface area is 151 Å². The third kappa shape index (κ3) is 2.74. The Kier molecular flexibility index (Phi) is 3.86. The molecule has 2 aromatic carbocycles. The van der Waals surface area contributed by atoms with Gasteiger partial charge in [0.2, 0.25) is 10.0 Å². The second-order valence-corrected chi connectivity index (χ2v) is 8.71. The van der Waals surface area contributed by atoms with E-state index in [0.717, 1.165) is 0 Å². The number of nitrogens with zero attached hydrogens (tertiary/aromatic N) is 1. The second kappa shape index (κ2) is 5.83. The van der Waals surface area contributed by atoms with Crippen LogP contribution in [0.4, 0.5) is 0 Å². The lowest BCUT2D eigenvalue weighted by Gasteiger charge is -2.34. The van der Waals surface area contributed by atoms with E-state index in [-0.39, 0.29) is 28.7 Å². The minimum absolute atomic E-state index is 0.0150. The molecule has 2 aromatic rings. The topological polar surface area (TPSA) is 63.7 Å². The molecule has 1 unspecified atom stereocenters. The number of halogens is 1. The summed E-state index contributed by atoms with van der Waals surface area (Å²) in [4.78, 5) is 12.5. The van der Waals surface area contributed by atoms with Crippen LogP contribution in [0.2, 0.25) is 5.02 Å². The summed E-state index contributed by atoms with van der Waals surface area (Å²) in [6, 6.07) is 13.5. The van der Waals surface area contributed by atoms with Crippen molar-refractivity contribution < 1.29 is 17.9 Å². The van der Waals surface area contributed by atoms with E-state index < -0.39 is 15.6 Å². The minimum atomic E-state index is -3.73. The van der Waals surface area contributed by atoms with Crippen LogP contribution in [0.15, 0.2) is 53.4 Å². The van der Waals surface area contributed by atoms with Crippen molar-refractivity contribution in [3.63, 3.8) is 0 Å². The summed E-state index contributed by atoms with van der Waals surface area (Å²) in [5, 5.41) is 0.189. The Morgan fingerprint density at radius 3 is 2.60 bits per heavy atom. The van der Waals surface area contributed by atoms with Crippen LogP contribution >= 0.6 is 11.6 Å². The van der Waals surface area contributed by atoms with Gasteiger partial charge in [-0.05, 0) is 24.3 Å². The predicted octanol–water partition coefficient (Wildman–Crippen LogP) is 3.14. The normalized spacial score (nSPS) is 23.5. The molecular weight excluding hydrogens is 362 g/mol. The third-order valence-electron chi connectivity index (χ3n) is 4.73. The molecule has 2 aliphatic rings. The molecule has 0 radical (unpaired) electrons. The van der Waals surface area contributed by atoms with E-state index in [4.69, 9.17) is 16.3 Å². The summed E-state index contributed by atoms with van der Waals surface area (Å²) in [5.74, 6) is 0.509. The highest BCUT2D eigenvalue weighted by molar-refractivity contribution is 7.89. The van der Waals surface area contributed by atoms with Gasteiger partial charge in [-0.1, -0.05) is 35.9 Å². The van der Waals surface area contributed by atoms with Gasteiger partial charge in [-0.15, -0.1) is 0 Å². The fourth-order valence-electron chi connectivity index (χ4n) is 3.48. The molecule has 0 aliphatic carbocycles. The smallest absolute Gasteiger partial charge is 0.244 e. The number of benzene rings is 2. The van der Waals surface area contributed by atoms with Gasteiger partial charge in [0.05, 0.1) is 23.6 Å². The molecule has 5 nitrogen and oxygen atoms in total. The molecular formula is C18H16ClNO4S. The van der Waals surface area contributed by atoms with Gasteiger partial charge < -0.3 is 4.74 Å². The van der Waals surface area contributed by atoms with Crippen molar-refractivity contribution in [3.05, 3.63) is 59.1 Å². The van der Waals surface area contributed by atoms with E-state index in [0.29, 0.717) is 24.3 Å². The van der Waals surface area contributed by atoms with Crippen LogP contribution in [-0.4, -0.2) is 37.2 Å². The lowest BCUT2D eigenvalue weighted by molar-refractivity contribution is 0.0498. The van der Waals surface area contributed by atoms with Crippen LogP contribution in [-0.2, 0) is 10.0 Å². The van der Waals surface area contributed by atoms with E-state index in [1.54, 1.807) is 42.5 Å². The van der Waals surface area contributed by atoms with Crippen molar-refractivity contribution in [3.8, 4) is 5.75 Å². The Morgan fingerprint density at radius 2 is 1.80 bits per heavy atom.